The molecule has 5 heteroatoms. The van der Waals surface area contributed by atoms with Crippen molar-refractivity contribution in [2.75, 3.05) is 13.1 Å². The van der Waals surface area contributed by atoms with E-state index in [-0.39, 0.29) is 5.82 Å². The van der Waals surface area contributed by atoms with Gasteiger partial charge in [-0.15, -0.1) is 11.3 Å². The molecule has 0 unspecified atom stereocenters. The quantitative estimate of drug-likeness (QED) is 0.850. The predicted octanol–water partition coefficient (Wildman–Crippen LogP) is 3.33. The van der Waals surface area contributed by atoms with Crippen LogP contribution >= 0.6 is 11.3 Å². The lowest BCUT2D eigenvalue weighted by Crippen LogP contribution is -2.32. The first-order valence-corrected chi connectivity index (χ1v) is 8.58. The summed E-state index contributed by atoms with van der Waals surface area (Å²) in [5.41, 5.74) is 3.78. The summed E-state index contributed by atoms with van der Waals surface area (Å²) in [5.74, 6) is -0.268. The Morgan fingerprint density at radius 2 is 2.09 bits per heavy atom. The van der Waals surface area contributed by atoms with Crippen molar-refractivity contribution in [3.8, 4) is 0 Å². The lowest BCUT2D eigenvalue weighted by Gasteiger charge is -2.25. The normalized spacial score (nSPS) is 16.2. The molecule has 3 nitrogen and oxygen atoms in total. The van der Waals surface area contributed by atoms with Crippen LogP contribution in [0.15, 0.2) is 29.8 Å². The van der Waals surface area contributed by atoms with Gasteiger partial charge in [0.05, 0.1) is 17.3 Å². The van der Waals surface area contributed by atoms with Crippen LogP contribution in [0, 0.1) is 12.7 Å². The van der Waals surface area contributed by atoms with Gasteiger partial charge in [0, 0.05) is 24.0 Å². The molecule has 0 amide bonds. The highest BCUT2D eigenvalue weighted by Crippen LogP contribution is 2.29. The fourth-order valence-corrected chi connectivity index (χ4v) is 3.46. The second-order valence-corrected chi connectivity index (χ2v) is 6.84. The molecule has 1 atom stereocenters. The average Bonchev–Trinajstić information content (AvgIpc) is 3.27. The molecule has 0 aliphatic heterocycles. The molecule has 1 saturated carbocycles. The summed E-state index contributed by atoms with van der Waals surface area (Å²) in [5, 5.41) is 10.4. The molecule has 0 saturated heterocycles. The third kappa shape index (κ3) is 3.91. The number of aromatic nitrogens is 1. The van der Waals surface area contributed by atoms with Crippen molar-refractivity contribution >= 4 is 11.3 Å². The first-order valence-electron chi connectivity index (χ1n) is 7.70. The average molecular weight is 320 g/mol. The van der Waals surface area contributed by atoms with Crippen LogP contribution in [0.2, 0.25) is 0 Å². The van der Waals surface area contributed by atoms with E-state index in [1.54, 1.807) is 23.5 Å². The number of halogens is 1. The standard InChI is InChI=1S/C17H21FN2OS/c1-12-17(22-11-19-12)8-9-20(15-6-7-15)10-16(21)13-2-4-14(18)5-3-13/h2-5,11,15-16,21H,6-10H2,1H3/t16-/m1/s1. The molecule has 118 valence electrons. The molecule has 0 spiro atoms. The van der Waals surface area contributed by atoms with Gasteiger partial charge in [-0.3, -0.25) is 4.90 Å². The van der Waals surface area contributed by atoms with E-state index in [4.69, 9.17) is 0 Å². The molecule has 1 aromatic heterocycles. The molecular weight excluding hydrogens is 299 g/mol. The Morgan fingerprint density at radius 3 is 2.68 bits per heavy atom. The summed E-state index contributed by atoms with van der Waals surface area (Å²) in [7, 11) is 0. The van der Waals surface area contributed by atoms with Crippen molar-refractivity contribution in [2.45, 2.75) is 38.3 Å². The van der Waals surface area contributed by atoms with Crippen LogP contribution < -0.4 is 0 Å². The second-order valence-electron chi connectivity index (χ2n) is 5.90. The van der Waals surface area contributed by atoms with Gasteiger partial charge in [-0.05, 0) is 43.9 Å². The summed E-state index contributed by atoms with van der Waals surface area (Å²) >= 11 is 1.70. The monoisotopic (exact) mass is 320 g/mol. The van der Waals surface area contributed by atoms with Crippen molar-refractivity contribution in [1.82, 2.24) is 9.88 Å². The first kappa shape index (κ1) is 15.6. The van der Waals surface area contributed by atoms with Gasteiger partial charge in [0.2, 0.25) is 0 Å². The van der Waals surface area contributed by atoms with Crippen LogP contribution in [0.3, 0.4) is 0 Å². The number of hydrogen-bond acceptors (Lipinski definition) is 4. The van der Waals surface area contributed by atoms with Crippen molar-refractivity contribution in [3.63, 3.8) is 0 Å². The number of rotatable bonds is 7. The van der Waals surface area contributed by atoms with E-state index < -0.39 is 6.10 Å². The van der Waals surface area contributed by atoms with Gasteiger partial charge in [-0.25, -0.2) is 9.37 Å². The molecule has 2 aromatic rings. The van der Waals surface area contributed by atoms with E-state index in [1.165, 1.54) is 29.9 Å². The molecule has 0 radical (unpaired) electrons. The zero-order valence-electron chi connectivity index (χ0n) is 12.7. The van der Waals surface area contributed by atoms with E-state index in [0.29, 0.717) is 12.6 Å². The minimum Gasteiger partial charge on any atom is -0.387 e. The van der Waals surface area contributed by atoms with Crippen LogP contribution in [0.5, 0.6) is 0 Å². The highest BCUT2D eigenvalue weighted by atomic mass is 32.1. The predicted molar refractivity (Wildman–Crippen MR) is 86.5 cm³/mol. The number of aliphatic hydroxyl groups is 1. The van der Waals surface area contributed by atoms with E-state index >= 15 is 0 Å². The van der Waals surface area contributed by atoms with Crippen LogP contribution in [0.1, 0.15) is 35.1 Å². The lowest BCUT2D eigenvalue weighted by molar-refractivity contribution is 0.109. The fourth-order valence-electron chi connectivity index (χ4n) is 2.69. The number of thiazole rings is 1. The molecule has 1 aromatic carbocycles. The number of hydrogen-bond donors (Lipinski definition) is 1. The van der Waals surface area contributed by atoms with Crippen molar-refractivity contribution < 1.29 is 9.50 Å². The zero-order chi connectivity index (χ0) is 15.5. The highest BCUT2D eigenvalue weighted by molar-refractivity contribution is 7.09. The largest absolute Gasteiger partial charge is 0.387 e. The van der Waals surface area contributed by atoms with Gasteiger partial charge >= 0.3 is 0 Å². The zero-order valence-corrected chi connectivity index (χ0v) is 13.5. The Bertz CT molecular complexity index is 609. The number of nitrogens with zero attached hydrogens (tertiary/aromatic N) is 2. The first-order chi connectivity index (χ1) is 10.6. The van der Waals surface area contributed by atoms with Gasteiger partial charge in [0.15, 0.2) is 0 Å². The molecule has 1 heterocycles. The molecule has 1 aliphatic rings. The van der Waals surface area contributed by atoms with E-state index in [9.17, 15) is 9.50 Å². The maximum atomic E-state index is 13.0. The van der Waals surface area contributed by atoms with Gasteiger partial charge in [-0.1, -0.05) is 12.1 Å². The molecule has 1 N–H and O–H groups in total. The molecule has 3 rings (SSSR count). The smallest absolute Gasteiger partial charge is 0.123 e. The van der Waals surface area contributed by atoms with Gasteiger partial charge in [0.1, 0.15) is 5.82 Å². The van der Waals surface area contributed by atoms with E-state index in [0.717, 1.165) is 24.2 Å². The Morgan fingerprint density at radius 1 is 1.36 bits per heavy atom. The number of benzene rings is 1. The summed E-state index contributed by atoms with van der Waals surface area (Å²) in [6.07, 6.45) is 2.82. The third-order valence-corrected chi connectivity index (χ3v) is 5.19. The van der Waals surface area contributed by atoms with Crippen molar-refractivity contribution in [1.29, 1.82) is 0 Å². The lowest BCUT2D eigenvalue weighted by atomic mass is 10.1. The van der Waals surface area contributed by atoms with E-state index in [1.807, 2.05) is 12.4 Å². The molecule has 0 bridgehead atoms. The van der Waals surface area contributed by atoms with Gasteiger partial charge in [0.25, 0.3) is 0 Å². The van der Waals surface area contributed by atoms with Gasteiger partial charge in [-0.2, -0.15) is 0 Å². The summed E-state index contributed by atoms with van der Waals surface area (Å²) in [6.45, 7) is 3.58. The van der Waals surface area contributed by atoms with Gasteiger partial charge < -0.3 is 5.11 Å². The Kier molecular flexibility index (Phi) is 4.86. The SMILES string of the molecule is Cc1ncsc1CCN(C[C@@H](O)c1ccc(F)cc1)C1CC1. The summed E-state index contributed by atoms with van der Waals surface area (Å²) < 4.78 is 13.0. The Labute approximate surface area is 134 Å². The Balaban J connectivity index is 1.59. The minimum absolute atomic E-state index is 0.268. The maximum Gasteiger partial charge on any atom is 0.123 e. The van der Waals surface area contributed by atoms with Crippen molar-refractivity contribution in [3.05, 3.63) is 51.7 Å². The van der Waals surface area contributed by atoms with Crippen LogP contribution in [-0.2, 0) is 6.42 Å². The maximum absolute atomic E-state index is 13.0. The Hall–Kier alpha value is -1.30. The molecule has 1 aliphatic carbocycles. The molecular formula is C17H21FN2OS. The fraction of sp³-hybridized carbons (Fsp3) is 0.471. The highest BCUT2D eigenvalue weighted by Gasteiger charge is 2.30. The van der Waals surface area contributed by atoms with Crippen LogP contribution in [0.4, 0.5) is 4.39 Å². The van der Waals surface area contributed by atoms with Crippen molar-refractivity contribution in [2.24, 2.45) is 0 Å². The second kappa shape index (κ2) is 6.86. The number of aliphatic hydroxyl groups excluding tert-OH is 1. The van der Waals surface area contributed by atoms with E-state index in [2.05, 4.69) is 9.88 Å². The summed E-state index contributed by atoms with van der Waals surface area (Å²) in [4.78, 5) is 7.96. The summed E-state index contributed by atoms with van der Waals surface area (Å²) in [6, 6.07) is 6.72. The van der Waals surface area contributed by atoms with Crippen LogP contribution in [-0.4, -0.2) is 34.1 Å². The third-order valence-electron chi connectivity index (χ3n) is 4.20. The minimum atomic E-state index is -0.566. The molecule has 22 heavy (non-hydrogen) atoms. The molecule has 1 fully saturated rings. The number of aryl methyl sites for hydroxylation is 1. The van der Waals surface area contributed by atoms with Crippen LogP contribution in [0.25, 0.3) is 0 Å². The topological polar surface area (TPSA) is 36.4 Å².